The monoisotopic (exact) mass is 243 g/mol. The van der Waals surface area contributed by atoms with Crippen molar-refractivity contribution in [3.8, 4) is 6.07 Å². The molecule has 1 aromatic heterocycles. The van der Waals surface area contributed by atoms with Gasteiger partial charge in [-0.1, -0.05) is 0 Å². The number of nitrogens with zero attached hydrogens (tertiary/aromatic N) is 6. The van der Waals surface area contributed by atoms with Crippen molar-refractivity contribution in [2.75, 3.05) is 12.1 Å². The van der Waals surface area contributed by atoms with Gasteiger partial charge in [-0.3, -0.25) is 0 Å². The molecule has 6 heteroatoms. The highest BCUT2D eigenvalue weighted by Crippen LogP contribution is 2.36. The van der Waals surface area contributed by atoms with Gasteiger partial charge in [-0.25, -0.2) is 4.98 Å². The number of aliphatic imine (C=N–C) groups is 1. The maximum absolute atomic E-state index is 8.93. The summed E-state index contributed by atoms with van der Waals surface area (Å²) in [6.07, 6.45) is 9.74. The van der Waals surface area contributed by atoms with Crippen LogP contribution in [0.25, 0.3) is 0 Å². The fraction of sp³-hybridized carbons (Fsp3) is 0.417. The minimum Gasteiger partial charge on any atom is -0.338 e. The van der Waals surface area contributed by atoms with E-state index < -0.39 is 0 Å². The molecule has 6 nitrogen and oxygen atoms in total. The van der Waals surface area contributed by atoms with E-state index in [0.29, 0.717) is 16.3 Å². The lowest BCUT2D eigenvalue weighted by molar-refractivity contribution is -0.768. The molecule has 92 valence electrons. The van der Waals surface area contributed by atoms with Gasteiger partial charge in [0.25, 0.3) is 0 Å². The van der Waals surface area contributed by atoms with Gasteiger partial charge in [0.2, 0.25) is 12.0 Å². The van der Waals surface area contributed by atoms with E-state index in [1.54, 1.807) is 12.7 Å². The van der Waals surface area contributed by atoms with E-state index in [9.17, 15) is 0 Å². The second-order valence-corrected chi connectivity index (χ2v) is 4.94. The van der Waals surface area contributed by atoms with Gasteiger partial charge in [0.15, 0.2) is 12.0 Å². The van der Waals surface area contributed by atoms with Crippen LogP contribution in [-0.4, -0.2) is 33.6 Å². The average Bonchev–Trinajstić information content (AvgIpc) is 2.95. The SMILES string of the molecule is Cn1cnc(N(C2CC2)[N+]2(C)C=NC(C#N)=C2)c1. The molecule has 1 atom stereocenters. The Hall–Kier alpha value is -2.13. The molecule has 1 unspecified atom stereocenters. The lowest BCUT2D eigenvalue weighted by atomic mass is 10.5. The van der Waals surface area contributed by atoms with Gasteiger partial charge in [-0.2, -0.15) is 19.9 Å². The second-order valence-electron chi connectivity index (χ2n) is 4.94. The normalized spacial score (nSPS) is 25.9. The summed E-state index contributed by atoms with van der Waals surface area (Å²) in [7, 11) is 3.97. The average molecular weight is 243 g/mol. The molecule has 0 bridgehead atoms. The number of aromatic nitrogens is 2. The summed E-state index contributed by atoms with van der Waals surface area (Å²) in [6, 6.07) is 2.56. The Morgan fingerprint density at radius 1 is 1.56 bits per heavy atom. The third-order valence-corrected chi connectivity index (χ3v) is 3.21. The number of hydrogen-bond acceptors (Lipinski definition) is 4. The van der Waals surface area contributed by atoms with E-state index in [1.165, 1.54) is 0 Å². The molecule has 0 saturated heterocycles. The van der Waals surface area contributed by atoms with Crippen LogP contribution in [0.1, 0.15) is 12.8 Å². The Balaban J connectivity index is 1.99. The van der Waals surface area contributed by atoms with Crippen molar-refractivity contribution >= 4 is 12.2 Å². The van der Waals surface area contributed by atoms with Crippen LogP contribution >= 0.6 is 0 Å². The van der Waals surface area contributed by atoms with Crippen LogP contribution in [0, 0.1) is 11.3 Å². The van der Waals surface area contributed by atoms with Gasteiger partial charge in [-0.15, -0.1) is 0 Å². The highest BCUT2D eigenvalue weighted by Gasteiger charge is 2.44. The predicted octanol–water partition coefficient (Wildman–Crippen LogP) is 1.16. The molecule has 3 rings (SSSR count). The fourth-order valence-electron chi connectivity index (χ4n) is 2.27. The molecule has 2 heterocycles. The van der Waals surface area contributed by atoms with Gasteiger partial charge in [-0.05, 0) is 12.8 Å². The maximum atomic E-state index is 8.93. The maximum Gasteiger partial charge on any atom is 0.221 e. The highest BCUT2D eigenvalue weighted by molar-refractivity contribution is 5.58. The number of anilines is 1. The number of nitriles is 1. The Morgan fingerprint density at radius 3 is 2.83 bits per heavy atom. The molecule has 0 spiro atoms. The Kier molecular flexibility index (Phi) is 2.25. The summed E-state index contributed by atoms with van der Waals surface area (Å²) in [6.45, 7) is 0. The first-order valence-corrected chi connectivity index (χ1v) is 5.94. The third-order valence-electron chi connectivity index (χ3n) is 3.21. The van der Waals surface area contributed by atoms with Crippen molar-refractivity contribution in [3.63, 3.8) is 0 Å². The summed E-state index contributed by atoms with van der Waals surface area (Å²) >= 11 is 0. The zero-order chi connectivity index (χ0) is 12.8. The first-order chi connectivity index (χ1) is 8.62. The molecule has 2 aliphatic rings. The first kappa shape index (κ1) is 11.0. The van der Waals surface area contributed by atoms with Crippen LogP contribution in [0.2, 0.25) is 0 Å². The molecular formula is C12H15N6+. The van der Waals surface area contributed by atoms with E-state index in [2.05, 4.69) is 21.1 Å². The molecule has 1 saturated carbocycles. The van der Waals surface area contributed by atoms with Gasteiger partial charge < -0.3 is 4.57 Å². The zero-order valence-corrected chi connectivity index (χ0v) is 10.5. The summed E-state index contributed by atoms with van der Waals surface area (Å²) in [5.74, 6) is 0.921. The van der Waals surface area contributed by atoms with Gasteiger partial charge >= 0.3 is 0 Å². The molecule has 1 aliphatic heterocycles. The van der Waals surface area contributed by atoms with Crippen molar-refractivity contribution < 1.29 is 4.59 Å². The quantitative estimate of drug-likeness (QED) is 0.748. The fourth-order valence-corrected chi connectivity index (χ4v) is 2.27. The van der Waals surface area contributed by atoms with Crippen molar-refractivity contribution in [2.45, 2.75) is 18.9 Å². The lowest BCUT2D eigenvalue weighted by Gasteiger charge is -2.34. The molecule has 0 aromatic carbocycles. The topological polar surface area (TPSA) is 57.2 Å². The Bertz CT molecular complexity index is 574. The molecule has 18 heavy (non-hydrogen) atoms. The molecule has 0 amide bonds. The number of aryl methyl sites for hydroxylation is 1. The molecule has 1 fully saturated rings. The molecule has 0 N–H and O–H groups in total. The predicted molar refractivity (Wildman–Crippen MR) is 67.1 cm³/mol. The van der Waals surface area contributed by atoms with Crippen LogP contribution in [0.15, 0.2) is 29.4 Å². The highest BCUT2D eigenvalue weighted by atomic mass is 15.8. The number of imidazole rings is 1. The minimum atomic E-state index is 0.393. The Morgan fingerprint density at radius 2 is 2.33 bits per heavy atom. The van der Waals surface area contributed by atoms with Crippen molar-refractivity contribution in [1.82, 2.24) is 9.55 Å². The molecule has 0 radical (unpaired) electrons. The van der Waals surface area contributed by atoms with Crippen LogP contribution in [0.3, 0.4) is 0 Å². The van der Waals surface area contributed by atoms with Crippen LogP contribution in [0.5, 0.6) is 0 Å². The number of allylic oxidation sites excluding steroid dienone is 1. The Labute approximate surface area is 106 Å². The van der Waals surface area contributed by atoms with Crippen molar-refractivity contribution in [3.05, 3.63) is 24.4 Å². The van der Waals surface area contributed by atoms with Gasteiger partial charge in [0.05, 0.1) is 18.6 Å². The summed E-state index contributed by atoms with van der Waals surface area (Å²) in [4.78, 5) is 8.56. The van der Waals surface area contributed by atoms with E-state index in [-0.39, 0.29) is 0 Å². The van der Waals surface area contributed by atoms with Gasteiger partial charge in [0, 0.05) is 7.05 Å². The van der Waals surface area contributed by atoms with Crippen LogP contribution < -0.4 is 5.01 Å². The minimum absolute atomic E-state index is 0.393. The number of rotatable bonds is 3. The molecule has 1 aliphatic carbocycles. The smallest absolute Gasteiger partial charge is 0.221 e. The molecule has 1 aromatic rings. The first-order valence-electron chi connectivity index (χ1n) is 5.94. The van der Waals surface area contributed by atoms with Crippen molar-refractivity contribution in [1.29, 1.82) is 5.26 Å². The summed E-state index contributed by atoms with van der Waals surface area (Å²) < 4.78 is 2.32. The summed E-state index contributed by atoms with van der Waals surface area (Å²) in [5, 5.41) is 11.1. The van der Waals surface area contributed by atoms with Crippen LogP contribution in [-0.2, 0) is 7.05 Å². The standard InChI is InChI=1S/C12H15N6/c1-16-6-12(14-8-16)17(11-3-4-11)18(2)7-10(5-13)15-9-18/h6-9,11H,3-4H2,1-2H3/q+1. The van der Waals surface area contributed by atoms with E-state index in [0.717, 1.165) is 18.7 Å². The molecular weight excluding hydrogens is 228 g/mol. The largest absolute Gasteiger partial charge is 0.338 e. The third kappa shape index (κ3) is 1.69. The van der Waals surface area contributed by atoms with E-state index >= 15 is 0 Å². The lowest BCUT2D eigenvalue weighted by Crippen LogP contribution is -2.53. The number of quaternary nitrogens is 1. The second kappa shape index (κ2) is 3.68. The van der Waals surface area contributed by atoms with E-state index in [4.69, 9.17) is 5.26 Å². The number of hydrogen-bond donors (Lipinski definition) is 0. The van der Waals surface area contributed by atoms with Gasteiger partial charge in [0.1, 0.15) is 13.1 Å². The van der Waals surface area contributed by atoms with Crippen LogP contribution in [0.4, 0.5) is 5.82 Å². The van der Waals surface area contributed by atoms with Crippen molar-refractivity contribution in [2.24, 2.45) is 12.0 Å². The van der Waals surface area contributed by atoms with E-state index in [1.807, 2.05) is 31.1 Å². The zero-order valence-electron chi connectivity index (χ0n) is 10.5. The summed E-state index contributed by atoms with van der Waals surface area (Å²) in [5.41, 5.74) is 0.457.